The van der Waals surface area contributed by atoms with E-state index in [4.69, 9.17) is 0 Å². The summed E-state index contributed by atoms with van der Waals surface area (Å²) in [7, 11) is 0. The van der Waals surface area contributed by atoms with Crippen LogP contribution < -0.4 is 0 Å². The molecule has 0 bridgehead atoms. The molecule has 0 radical (unpaired) electrons. The maximum Gasteiger partial charge on any atom is -0.0235 e. The third-order valence-electron chi connectivity index (χ3n) is 2.82. The largest absolute Gasteiger partial charge is 0.0985 e. The first-order valence-electron chi connectivity index (χ1n) is 7.64. The standard InChI is InChI=1S/2C8H8.2C2H6/c1-2-4-8-6-5-7(8)3-1;1-2-8-6-4-3-5-7-8;2*1-2/h1-4H,5-6H2;2-7H,1H2;2*1-2H3. The van der Waals surface area contributed by atoms with Crippen molar-refractivity contribution in [2.45, 2.75) is 40.5 Å². The molecule has 0 aliphatic heterocycles. The van der Waals surface area contributed by atoms with Gasteiger partial charge >= 0.3 is 0 Å². The van der Waals surface area contributed by atoms with Gasteiger partial charge in [0.2, 0.25) is 0 Å². The van der Waals surface area contributed by atoms with Crippen molar-refractivity contribution in [1.82, 2.24) is 0 Å². The molecule has 20 heavy (non-hydrogen) atoms. The first kappa shape index (κ1) is 18.2. The molecule has 3 rings (SSSR count). The fourth-order valence-corrected chi connectivity index (χ4v) is 1.73. The van der Waals surface area contributed by atoms with E-state index >= 15 is 0 Å². The molecule has 0 spiro atoms. The summed E-state index contributed by atoms with van der Waals surface area (Å²) in [6, 6.07) is 18.7. The molecular formula is C20H28. The summed E-state index contributed by atoms with van der Waals surface area (Å²) < 4.78 is 0. The molecule has 1 aliphatic carbocycles. The Morgan fingerprint density at radius 1 is 0.700 bits per heavy atom. The average Bonchev–Trinajstić information content (AvgIpc) is 2.54. The first-order chi connectivity index (χ1) is 9.90. The van der Waals surface area contributed by atoms with Crippen LogP contribution in [-0.4, -0.2) is 0 Å². The molecule has 0 atom stereocenters. The Labute approximate surface area is 125 Å². The molecular weight excluding hydrogens is 240 g/mol. The third kappa shape index (κ3) is 6.38. The number of hydrogen-bond acceptors (Lipinski definition) is 0. The van der Waals surface area contributed by atoms with Gasteiger partial charge < -0.3 is 0 Å². The smallest absolute Gasteiger partial charge is 0.0235 e. The number of hydrogen-bond donors (Lipinski definition) is 0. The molecule has 0 heterocycles. The van der Waals surface area contributed by atoms with Gasteiger partial charge in [0.05, 0.1) is 0 Å². The molecule has 0 saturated heterocycles. The Morgan fingerprint density at radius 2 is 1.10 bits per heavy atom. The molecule has 0 saturated carbocycles. The van der Waals surface area contributed by atoms with E-state index in [-0.39, 0.29) is 0 Å². The zero-order valence-corrected chi connectivity index (χ0v) is 13.4. The molecule has 0 amide bonds. The predicted octanol–water partition coefficient (Wildman–Crippen LogP) is 6.17. The van der Waals surface area contributed by atoms with Crippen LogP contribution in [0.3, 0.4) is 0 Å². The van der Waals surface area contributed by atoms with Gasteiger partial charge in [0.25, 0.3) is 0 Å². The summed E-state index contributed by atoms with van der Waals surface area (Å²) in [5.41, 5.74) is 4.27. The molecule has 0 aromatic heterocycles. The van der Waals surface area contributed by atoms with Crippen LogP contribution in [0.2, 0.25) is 0 Å². The summed E-state index contributed by atoms with van der Waals surface area (Å²) in [5, 5.41) is 0. The lowest BCUT2D eigenvalue weighted by molar-refractivity contribution is 0.839. The third-order valence-corrected chi connectivity index (χ3v) is 2.82. The van der Waals surface area contributed by atoms with Crippen LogP contribution >= 0.6 is 0 Å². The minimum atomic E-state index is 1.17. The van der Waals surface area contributed by atoms with E-state index in [9.17, 15) is 0 Å². The Bertz CT molecular complexity index is 431. The van der Waals surface area contributed by atoms with Crippen LogP contribution in [0.4, 0.5) is 0 Å². The molecule has 108 valence electrons. The normalized spacial score (nSPS) is 9.80. The minimum Gasteiger partial charge on any atom is -0.0985 e. The van der Waals surface area contributed by atoms with Crippen LogP contribution in [0.1, 0.15) is 44.4 Å². The second-order valence-electron chi connectivity index (χ2n) is 3.88. The second kappa shape index (κ2) is 12.2. The van der Waals surface area contributed by atoms with Gasteiger partial charge in [-0.1, -0.05) is 94.9 Å². The number of rotatable bonds is 1. The Hall–Kier alpha value is -1.82. The molecule has 0 nitrogen and oxygen atoms in total. The lowest BCUT2D eigenvalue weighted by atomic mass is 9.89. The van der Waals surface area contributed by atoms with Gasteiger partial charge in [0.15, 0.2) is 0 Å². The van der Waals surface area contributed by atoms with Gasteiger partial charge in [-0.3, -0.25) is 0 Å². The van der Waals surface area contributed by atoms with Crippen molar-refractivity contribution < 1.29 is 0 Å². The lowest BCUT2D eigenvalue weighted by Gasteiger charge is -2.16. The Kier molecular flexibility index (Phi) is 11.1. The summed E-state index contributed by atoms with van der Waals surface area (Å²) in [5.74, 6) is 0. The van der Waals surface area contributed by atoms with E-state index in [1.807, 2.05) is 64.1 Å². The topological polar surface area (TPSA) is 0 Å². The van der Waals surface area contributed by atoms with Crippen LogP contribution in [-0.2, 0) is 12.8 Å². The van der Waals surface area contributed by atoms with E-state index in [0.29, 0.717) is 0 Å². The van der Waals surface area contributed by atoms with Crippen molar-refractivity contribution in [2.75, 3.05) is 0 Å². The van der Waals surface area contributed by atoms with E-state index in [1.54, 1.807) is 11.1 Å². The molecule has 0 N–H and O–H groups in total. The highest BCUT2D eigenvalue weighted by Gasteiger charge is 2.09. The van der Waals surface area contributed by atoms with E-state index in [2.05, 4.69) is 30.8 Å². The Morgan fingerprint density at radius 3 is 1.35 bits per heavy atom. The maximum atomic E-state index is 3.63. The average molecular weight is 268 g/mol. The van der Waals surface area contributed by atoms with Crippen molar-refractivity contribution in [3.8, 4) is 0 Å². The van der Waals surface area contributed by atoms with Gasteiger partial charge in [-0.25, -0.2) is 0 Å². The second-order valence-corrected chi connectivity index (χ2v) is 3.88. The monoisotopic (exact) mass is 268 g/mol. The molecule has 0 unspecified atom stereocenters. The van der Waals surface area contributed by atoms with Crippen molar-refractivity contribution in [2.24, 2.45) is 0 Å². The summed E-state index contributed by atoms with van der Waals surface area (Å²) >= 11 is 0. The summed E-state index contributed by atoms with van der Waals surface area (Å²) in [6.45, 7) is 11.6. The number of aryl methyl sites for hydroxylation is 2. The highest BCUT2D eigenvalue weighted by Crippen LogP contribution is 2.20. The maximum absolute atomic E-state index is 3.63. The zero-order valence-electron chi connectivity index (χ0n) is 13.4. The van der Waals surface area contributed by atoms with Gasteiger partial charge in [0.1, 0.15) is 0 Å². The lowest BCUT2D eigenvalue weighted by Crippen LogP contribution is -2.06. The van der Waals surface area contributed by atoms with Gasteiger partial charge in [0, 0.05) is 0 Å². The molecule has 2 aromatic carbocycles. The van der Waals surface area contributed by atoms with Gasteiger partial charge in [-0.2, -0.15) is 0 Å². The van der Waals surface area contributed by atoms with Crippen molar-refractivity contribution in [1.29, 1.82) is 0 Å². The van der Waals surface area contributed by atoms with Crippen LogP contribution in [0.5, 0.6) is 0 Å². The highest BCUT2D eigenvalue weighted by molar-refractivity contribution is 5.45. The van der Waals surface area contributed by atoms with Gasteiger partial charge in [-0.05, 0) is 29.5 Å². The summed E-state index contributed by atoms with van der Waals surface area (Å²) in [4.78, 5) is 0. The van der Waals surface area contributed by atoms with Crippen LogP contribution in [0, 0.1) is 0 Å². The zero-order chi connectivity index (χ0) is 15.2. The summed E-state index contributed by atoms with van der Waals surface area (Å²) in [6.07, 6.45) is 4.44. The number of benzene rings is 2. The fourth-order valence-electron chi connectivity index (χ4n) is 1.73. The molecule has 0 fully saturated rings. The Balaban J connectivity index is 0.000000290. The van der Waals surface area contributed by atoms with E-state index in [1.165, 1.54) is 18.4 Å². The van der Waals surface area contributed by atoms with Crippen molar-refractivity contribution in [3.05, 3.63) is 77.9 Å². The molecule has 1 aliphatic rings. The van der Waals surface area contributed by atoms with Gasteiger partial charge in [-0.15, -0.1) is 0 Å². The van der Waals surface area contributed by atoms with E-state index in [0.717, 1.165) is 0 Å². The molecule has 0 heteroatoms. The van der Waals surface area contributed by atoms with E-state index < -0.39 is 0 Å². The molecule has 2 aromatic rings. The van der Waals surface area contributed by atoms with Crippen LogP contribution in [0.15, 0.2) is 61.2 Å². The minimum absolute atomic E-state index is 1.17. The number of fused-ring (bicyclic) bond motifs is 1. The van der Waals surface area contributed by atoms with Crippen molar-refractivity contribution >= 4 is 6.08 Å². The van der Waals surface area contributed by atoms with Crippen molar-refractivity contribution in [3.63, 3.8) is 0 Å². The quantitative estimate of drug-likeness (QED) is 0.580. The first-order valence-corrected chi connectivity index (χ1v) is 7.64. The SMILES string of the molecule is C=Cc1ccccc1.CC.CC.c1ccc2c(c1)CC2. The highest BCUT2D eigenvalue weighted by atomic mass is 14.1. The predicted molar refractivity (Wildman–Crippen MR) is 93.1 cm³/mol. The van der Waals surface area contributed by atoms with Crippen LogP contribution in [0.25, 0.3) is 6.08 Å². The fraction of sp³-hybridized carbons (Fsp3) is 0.300.